The largest absolute Gasteiger partial charge is 0.497 e. The molecule has 7 nitrogen and oxygen atoms in total. The topological polar surface area (TPSA) is 81.0 Å². The van der Waals surface area contributed by atoms with E-state index in [1.807, 2.05) is 24.3 Å². The van der Waals surface area contributed by atoms with Crippen LogP contribution in [0.1, 0.15) is 27.1 Å². The Hall–Kier alpha value is -3.39. The van der Waals surface area contributed by atoms with Gasteiger partial charge in [0.15, 0.2) is 0 Å². The van der Waals surface area contributed by atoms with Crippen LogP contribution in [-0.2, 0) is 11.3 Å². The zero-order valence-corrected chi connectivity index (χ0v) is 18.0. The third-order valence-electron chi connectivity index (χ3n) is 4.99. The lowest BCUT2D eigenvalue weighted by Gasteiger charge is -2.23. The minimum atomic E-state index is -0.263. The van der Waals surface area contributed by atoms with Gasteiger partial charge in [0.25, 0.3) is 5.91 Å². The van der Waals surface area contributed by atoms with E-state index in [-0.39, 0.29) is 17.2 Å². The molecule has 1 aliphatic heterocycles. The van der Waals surface area contributed by atoms with Gasteiger partial charge in [0.05, 0.1) is 38.5 Å². The molecule has 0 aliphatic carbocycles. The molecule has 8 heteroatoms. The molecule has 0 radical (unpaired) electrons. The van der Waals surface area contributed by atoms with Crippen LogP contribution < -0.4 is 14.8 Å². The fourth-order valence-corrected chi connectivity index (χ4v) is 4.56. The van der Waals surface area contributed by atoms with E-state index in [0.29, 0.717) is 35.0 Å². The highest BCUT2D eigenvalue weighted by molar-refractivity contribution is 8.00. The van der Waals surface area contributed by atoms with Gasteiger partial charge < -0.3 is 24.1 Å². The molecule has 31 heavy (non-hydrogen) atoms. The van der Waals surface area contributed by atoms with Crippen molar-refractivity contribution in [1.29, 1.82) is 0 Å². The number of hydrogen-bond acceptors (Lipinski definition) is 6. The van der Waals surface area contributed by atoms with Crippen molar-refractivity contribution in [3.63, 3.8) is 0 Å². The first-order chi connectivity index (χ1) is 15.1. The highest BCUT2D eigenvalue weighted by Gasteiger charge is 2.33. The van der Waals surface area contributed by atoms with Gasteiger partial charge in [-0.2, -0.15) is 0 Å². The van der Waals surface area contributed by atoms with E-state index in [1.165, 1.54) is 0 Å². The number of carbonyl (C=O) groups excluding carboxylic acids is 2. The summed E-state index contributed by atoms with van der Waals surface area (Å²) in [4.78, 5) is 26.9. The number of anilines is 1. The Bertz CT molecular complexity index is 1070. The maximum absolute atomic E-state index is 12.8. The Labute approximate surface area is 184 Å². The second-order valence-electron chi connectivity index (χ2n) is 6.91. The van der Waals surface area contributed by atoms with Crippen LogP contribution in [0.4, 0.5) is 5.69 Å². The van der Waals surface area contributed by atoms with E-state index in [9.17, 15) is 9.59 Å². The van der Waals surface area contributed by atoms with Gasteiger partial charge in [-0.25, -0.2) is 0 Å². The molecule has 160 valence electrons. The first kappa shape index (κ1) is 20.9. The summed E-state index contributed by atoms with van der Waals surface area (Å²) in [7, 11) is 3.11. The van der Waals surface area contributed by atoms with E-state index in [4.69, 9.17) is 13.9 Å². The SMILES string of the molecule is COc1ccc(OC)c(NC(=O)c2ccc([C@@H]3SCC(=O)N3Cc3ccco3)cc2)c1. The lowest BCUT2D eigenvalue weighted by molar-refractivity contribution is -0.128. The Morgan fingerprint density at radius 1 is 1.16 bits per heavy atom. The second-order valence-corrected chi connectivity index (χ2v) is 7.98. The Balaban J connectivity index is 1.49. The highest BCUT2D eigenvalue weighted by Crippen LogP contribution is 2.39. The molecule has 0 saturated carbocycles. The number of rotatable bonds is 7. The Morgan fingerprint density at radius 2 is 1.97 bits per heavy atom. The number of thioether (sulfide) groups is 1. The summed E-state index contributed by atoms with van der Waals surface area (Å²) in [6.07, 6.45) is 1.60. The first-order valence-corrected chi connectivity index (χ1v) is 10.7. The van der Waals surface area contributed by atoms with Crippen molar-refractivity contribution >= 4 is 29.3 Å². The zero-order valence-electron chi connectivity index (χ0n) is 17.2. The van der Waals surface area contributed by atoms with Crippen LogP contribution in [-0.4, -0.2) is 36.7 Å². The Morgan fingerprint density at radius 3 is 2.65 bits per heavy atom. The molecule has 2 amide bonds. The minimum absolute atomic E-state index is 0.0679. The summed E-state index contributed by atoms with van der Waals surface area (Å²) < 4.78 is 15.9. The van der Waals surface area contributed by atoms with Crippen molar-refractivity contribution in [1.82, 2.24) is 4.90 Å². The molecule has 3 aromatic rings. The highest BCUT2D eigenvalue weighted by atomic mass is 32.2. The monoisotopic (exact) mass is 438 g/mol. The first-order valence-electron chi connectivity index (χ1n) is 9.66. The molecule has 0 unspecified atom stereocenters. The number of ether oxygens (including phenoxy) is 2. The third kappa shape index (κ3) is 4.54. The van der Waals surface area contributed by atoms with Crippen LogP contribution in [0.5, 0.6) is 11.5 Å². The lowest BCUT2D eigenvalue weighted by Crippen LogP contribution is -2.27. The summed E-state index contributed by atoms with van der Waals surface area (Å²) in [5, 5.41) is 2.74. The van der Waals surface area contributed by atoms with Crippen LogP contribution >= 0.6 is 11.8 Å². The molecule has 1 N–H and O–H groups in total. The van der Waals surface area contributed by atoms with Crippen LogP contribution in [0.2, 0.25) is 0 Å². The molecule has 0 spiro atoms. The zero-order chi connectivity index (χ0) is 21.8. The summed E-state index contributed by atoms with van der Waals surface area (Å²) in [6, 6.07) is 16.1. The van der Waals surface area contributed by atoms with Crippen LogP contribution in [0.15, 0.2) is 65.3 Å². The fourth-order valence-electron chi connectivity index (χ4n) is 3.38. The lowest BCUT2D eigenvalue weighted by atomic mass is 10.1. The molecule has 1 saturated heterocycles. The van der Waals surface area contributed by atoms with Crippen molar-refractivity contribution in [2.45, 2.75) is 11.9 Å². The van der Waals surface area contributed by atoms with Crippen LogP contribution in [0.25, 0.3) is 0 Å². The minimum Gasteiger partial charge on any atom is -0.497 e. The number of furan rings is 1. The Kier molecular flexibility index (Phi) is 6.18. The van der Waals surface area contributed by atoms with Crippen molar-refractivity contribution in [3.8, 4) is 11.5 Å². The molecule has 1 atom stereocenters. The van der Waals surface area contributed by atoms with E-state index in [1.54, 1.807) is 67.5 Å². The number of hydrogen-bond donors (Lipinski definition) is 1. The number of methoxy groups -OCH3 is 2. The van der Waals surface area contributed by atoms with Crippen molar-refractivity contribution in [2.75, 3.05) is 25.3 Å². The van der Waals surface area contributed by atoms with Gasteiger partial charge in [-0.3, -0.25) is 9.59 Å². The maximum Gasteiger partial charge on any atom is 0.255 e. The van der Waals surface area contributed by atoms with Gasteiger partial charge in [-0.15, -0.1) is 11.8 Å². The number of benzene rings is 2. The van der Waals surface area contributed by atoms with E-state index in [2.05, 4.69) is 5.32 Å². The van der Waals surface area contributed by atoms with E-state index in [0.717, 1.165) is 11.3 Å². The van der Waals surface area contributed by atoms with Gasteiger partial charge in [0.2, 0.25) is 5.91 Å². The number of amides is 2. The number of nitrogens with zero attached hydrogens (tertiary/aromatic N) is 1. The molecule has 0 bridgehead atoms. The summed E-state index contributed by atoms with van der Waals surface area (Å²) >= 11 is 1.56. The predicted octanol–water partition coefficient (Wildman–Crippen LogP) is 4.32. The quantitative estimate of drug-likeness (QED) is 0.592. The maximum atomic E-state index is 12.8. The molecule has 1 aliphatic rings. The fraction of sp³-hybridized carbons (Fsp3) is 0.217. The standard InChI is InChI=1S/C23H22N2O5S/c1-28-17-9-10-20(29-2)19(12-17)24-22(27)15-5-7-16(8-6-15)23-25(21(26)14-31-23)13-18-4-3-11-30-18/h3-12,23H,13-14H2,1-2H3,(H,24,27)/t23-/m0/s1. The predicted molar refractivity (Wildman–Crippen MR) is 118 cm³/mol. The average molecular weight is 439 g/mol. The van der Waals surface area contributed by atoms with Crippen LogP contribution in [0, 0.1) is 0 Å². The second kappa shape index (κ2) is 9.18. The number of carbonyl (C=O) groups is 2. The molecule has 2 heterocycles. The molecule has 1 fully saturated rings. The average Bonchev–Trinajstić information content (AvgIpc) is 3.44. The van der Waals surface area contributed by atoms with Gasteiger partial charge >= 0.3 is 0 Å². The summed E-state index contributed by atoms with van der Waals surface area (Å²) in [6.45, 7) is 0.418. The third-order valence-corrected chi connectivity index (χ3v) is 6.24. The van der Waals surface area contributed by atoms with Crippen molar-refractivity contribution in [2.24, 2.45) is 0 Å². The molecule has 1 aromatic heterocycles. The van der Waals surface area contributed by atoms with E-state index < -0.39 is 0 Å². The van der Waals surface area contributed by atoms with Gasteiger partial charge in [-0.05, 0) is 42.0 Å². The number of nitrogens with one attached hydrogen (secondary N) is 1. The smallest absolute Gasteiger partial charge is 0.255 e. The van der Waals surface area contributed by atoms with Crippen LogP contribution in [0.3, 0.4) is 0 Å². The van der Waals surface area contributed by atoms with Gasteiger partial charge in [0, 0.05) is 11.6 Å². The summed E-state index contributed by atoms with van der Waals surface area (Å²) in [5.41, 5.74) is 1.98. The molecular formula is C23H22N2O5S. The molecular weight excluding hydrogens is 416 g/mol. The van der Waals surface area contributed by atoms with Gasteiger partial charge in [0.1, 0.15) is 22.6 Å². The summed E-state index contributed by atoms with van der Waals surface area (Å²) in [5.74, 6) is 2.12. The molecule has 2 aromatic carbocycles. The van der Waals surface area contributed by atoms with Crippen molar-refractivity contribution in [3.05, 3.63) is 77.7 Å². The van der Waals surface area contributed by atoms with E-state index >= 15 is 0 Å². The van der Waals surface area contributed by atoms with Gasteiger partial charge in [-0.1, -0.05) is 12.1 Å². The van der Waals surface area contributed by atoms with Crippen molar-refractivity contribution < 1.29 is 23.5 Å². The molecule has 4 rings (SSSR count). The normalized spacial score (nSPS) is 15.7.